The fourth-order valence-electron chi connectivity index (χ4n) is 2.44. The van der Waals surface area contributed by atoms with E-state index in [0.717, 1.165) is 11.1 Å². The van der Waals surface area contributed by atoms with Crippen LogP contribution in [0.1, 0.15) is 21.5 Å². The Morgan fingerprint density at radius 1 is 1.00 bits per heavy atom. The second-order valence-corrected chi connectivity index (χ2v) is 6.00. The third-order valence-electron chi connectivity index (χ3n) is 3.76. The molecule has 0 radical (unpaired) electrons. The Morgan fingerprint density at radius 2 is 1.73 bits per heavy atom. The second-order valence-electron chi connectivity index (χ2n) is 5.60. The van der Waals surface area contributed by atoms with Crippen LogP contribution in [0.3, 0.4) is 0 Å². The predicted molar refractivity (Wildman–Crippen MR) is 103 cm³/mol. The molecule has 5 heteroatoms. The molecule has 0 fully saturated rings. The molecule has 0 aliphatic carbocycles. The highest BCUT2D eigenvalue weighted by atomic mass is 35.5. The lowest BCUT2D eigenvalue weighted by Crippen LogP contribution is -2.03. The third kappa shape index (κ3) is 4.29. The normalized spacial score (nSPS) is 10.8. The van der Waals surface area contributed by atoms with Crippen molar-refractivity contribution in [1.29, 1.82) is 0 Å². The molecule has 130 valence electrons. The average molecular weight is 368 g/mol. The van der Waals surface area contributed by atoms with Gasteiger partial charge in [0.05, 0.1) is 11.3 Å². The van der Waals surface area contributed by atoms with Gasteiger partial charge in [-0.1, -0.05) is 48.0 Å². The number of aromatic carboxylic acids is 1. The lowest BCUT2D eigenvalue weighted by Gasteiger charge is -2.11. The second kappa shape index (κ2) is 7.85. The fourth-order valence-corrected chi connectivity index (χ4v) is 2.64. The first-order valence-corrected chi connectivity index (χ1v) is 8.23. The fraction of sp³-hybridized carbons (Fsp3) is 0. The van der Waals surface area contributed by atoms with Crippen LogP contribution in [0.25, 0.3) is 12.2 Å². The van der Waals surface area contributed by atoms with Gasteiger partial charge in [0.15, 0.2) is 0 Å². The van der Waals surface area contributed by atoms with Gasteiger partial charge in [-0.3, -0.25) is 0 Å². The van der Waals surface area contributed by atoms with E-state index in [9.17, 15) is 14.3 Å². The van der Waals surface area contributed by atoms with Gasteiger partial charge in [-0.2, -0.15) is 0 Å². The van der Waals surface area contributed by atoms with Gasteiger partial charge in [0.2, 0.25) is 0 Å². The molecule has 0 bridgehead atoms. The van der Waals surface area contributed by atoms with Gasteiger partial charge in [0.1, 0.15) is 5.82 Å². The van der Waals surface area contributed by atoms with Crippen LogP contribution in [0.2, 0.25) is 5.02 Å². The van der Waals surface area contributed by atoms with Gasteiger partial charge in [0.25, 0.3) is 0 Å². The molecule has 0 amide bonds. The zero-order chi connectivity index (χ0) is 18.5. The number of nitrogens with one attached hydrogen (secondary N) is 1. The molecule has 3 rings (SSSR count). The Kier molecular flexibility index (Phi) is 5.34. The maximum absolute atomic E-state index is 13.0. The first-order chi connectivity index (χ1) is 12.5. The number of hydrogen-bond donors (Lipinski definition) is 2. The molecule has 0 unspecified atom stereocenters. The monoisotopic (exact) mass is 367 g/mol. The smallest absolute Gasteiger partial charge is 0.337 e. The number of carboxylic acid groups (broad SMARTS) is 1. The molecule has 0 atom stereocenters. The Hall–Kier alpha value is -3.11. The summed E-state index contributed by atoms with van der Waals surface area (Å²) >= 11 is 6.14. The van der Waals surface area contributed by atoms with Crippen LogP contribution < -0.4 is 5.32 Å². The van der Waals surface area contributed by atoms with E-state index in [-0.39, 0.29) is 11.4 Å². The van der Waals surface area contributed by atoms with E-state index in [1.165, 1.54) is 18.2 Å². The highest BCUT2D eigenvalue weighted by molar-refractivity contribution is 6.32. The van der Waals surface area contributed by atoms with Crippen molar-refractivity contribution in [3.63, 3.8) is 0 Å². The molecular weight excluding hydrogens is 353 g/mol. The maximum atomic E-state index is 13.0. The van der Waals surface area contributed by atoms with E-state index in [0.29, 0.717) is 16.4 Å². The highest BCUT2D eigenvalue weighted by Gasteiger charge is 2.10. The molecule has 0 aromatic heterocycles. The van der Waals surface area contributed by atoms with Crippen LogP contribution in [0, 0.1) is 5.82 Å². The number of carbonyl (C=O) groups is 1. The molecule has 3 aromatic rings. The number of halogens is 2. The first kappa shape index (κ1) is 17.7. The van der Waals surface area contributed by atoms with Crippen molar-refractivity contribution in [3.05, 3.63) is 94.3 Å². The lowest BCUT2D eigenvalue weighted by molar-refractivity contribution is 0.0698. The Labute approximate surface area is 155 Å². The van der Waals surface area contributed by atoms with Gasteiger partial charge >= 0.3 is 5.97 Å². The molecule has 26 heavy (non-hydrogen) atoms. The molecule has 0 saturated heterocycles. The number of hydrogen-bond acceptors (Lipinski definition) is 2. The molecule has 0 aliphatic heterocycles. The van der Waals surface area contributed by atoms with Gasteiger partial charge < -0.3 is 10.4 Å². The minimum absolute atomic E-state index is 0.129. The highest BCUT2D eigenvalue weighted by Crippen LogP contribution is 2.25. The van der Waals surface area contributed by atoms with Crippen molar-refractivity contribution in [3.8, 4) is 0 Å². The zero-order valence-electron chi connectivity index (χ0n) is 13.6. The van der Waals surface area contributed by atoms with E-state index in [4.69, 9.17) is 11.6 Å². The summed E-state index contributed by atoms with van der Waals surface area (Å²) in [7, 11) is 0. The standard InChI is InChI=1S/C21H15ClFNO2/c22-19-4-2-1-3-15(19)7-5-14-6-12-18(21(25)26)20(13-14)24-17-10-8-16(23)9-11-17/h1-13,24H,(H,25,26). The SMILES string of the molecule is O=C(O)c1ccc(C=Cc2ccccc2Cl)cc1Nc1ccc(F)cc1. The van der Waals surface area contributed by atoms with Crippen LogP contribution in [0.4, 0.5) is 15.8 Å². The molecule has 3 aromatic carbocycles. The van der Waals surface area contributed by atoms with Crippen LogP contribution in [0.5, 0.6) is 0 Å². The van der Waals surface area contributed by atoms with Gasteiger partial charge in [0, 0.05) is 10.7 Å². The van der Waals surface area contributed by atoms with E-state index >= 15 is 0 Å². The van der Waals surface area contributed by atoms with Crippen LogP contribution >= 0.6 is 11.6 Å². The molecule has 0 spiro atoms. The van der Waals surface area contributed by atoms with Crippen molar-refractivity contribution in [2.75, 3.05) is 5.32 Å². The molecule has 3 nitrogen and oxygen atoms in total. The molecule has 0 saturated carbocycles. The van der Waals surface area contributed by atoms with Crippen LogP contribution in [-0.4, -0.2) is 11.1 Å². The molecular formula is C21H15ClFNO2. The van der Waals surface area contributed by atoms with Crippen molar-refractivity contribution in [1.82, 2.24) is 0 Å². The summed E-state index contributed by atoms with van der Waals surface area (Å²) in [6.45, 7) is 0. The number of anilines is 2. The molecule has 0 aliphatic rings. The van der Waals surface area contributed by atoms with E-state index in [2.05, 4.69) is 5.32 Å². The van der Waals surface area contributed by atoms with Crippen LogP contribution in [-0.2, 0) is 0 Å². The van der Waals surface area contributed by atoms with Gasteiger partial charge in [-0.15, -0.1) is 0 Å². The summed E-state index contributed by atoms with van der Waals surface area (Å²) in [5.41, 5.74) is 2.82. The van der Waals surface area contributed by atoms with E-state index in [1.54, 1.807) is 30.3 Å². The number of benzene rings is 3. The van der Waals surface area contributed by atoms with Gasteiger partial charge in [-0.05, 0) is 53.6 Å². The van der Waals surface area contributed by atoms with Crippen molar-refractivity contribution in [2.45, 2.75) is 0 Å². The van der Waals surface area contributed by atoms with E-state index < -0.39 is 5.97 Å². The van der Waals surface area contributed by atoms with Crippen molar-refractivity contribution < 1.29 is 14.3 Å². The summed E-state index contributed by atoms with van der Waals surface area (Å²) in [5, 5.41) is 13.0. The Balaban J connectivity index is 1.92. The minimum atomic E-state index is -1.05. The van der Waals surface area contributed by atoms with E-state index in [1.807, 2.05) is 30.4 Å². The quantitative estimate of drug-likeness (QED) is 0.536. The average Bonchev–Trinajstić information content (AvgIpc) is 2.63. The summed E-state index contributed by atoms with van der Waals surface area (Å²) in [4.78, 5) is 11.5. The Bertz CT molecular complexity index is 968. The Morgan fingerprint density at radius 3 is 2.42 bits per heavy atom. The topological polar surface area (TPSA) is 49.3 Å². The largest absolute Gasteiger partial charge is 0.478 e. The predicted octanol–water partition coefficient (Wildman–Crippen LogP) is 6.09. The summed E-state index contributed by atoms with van der Waals surface area (Å²) in [5.74, 6) is -1.40. The van der Waals surface area contributed by atoms with Crippen LogP contribution in [0.15, 0.2) is 66.7 Å². The third-order valence-corrected chi connectivity index (χ3v) is 4.10. The lowest BCUT2D eigenvalue weighted by atomic mass is 10.1. The maximum Gasteiger partial charge on any atom is 0.337 e. The zero-order valence-corrected chi connectivity index (χ0v) is 14.4. The molecule has 0 heterocycles. The molecule has 2 N–H and O–H groups in total. The summed E-state index contributed by atoms with van der Waals surface area (Å²) in [6.07, 6.45) is 3.71. The summed E-state index contributed by atoms with van der Waals surface area (Å²) in [6, 6.07) is 18.1. The van der Waals surface area contributed by atoms with Gasteiger partial charge in [-0.25, -0.2) is 9.18 Å². The number of carboxylic acids is 1. The minimum Gasteiger partial charge on any atom is -0.478 e. The number of rotatable bonds is 5. The van der Waals surface area contributed by atoms with Crippen molar-refractivity contribution in [2.24, 2.45) is 0 Å². The van der Waals surface area contributed by atoms with Crippen molar-refractivity contribution >= 4 is 41.1 Å². The first-order valence-electron chi connectivity index (χ1n) is 7.85. The summed E-state index contributed by atoms with van der Waals surface area (Å²) < 4.78 is 13.0.